The van der Waals surface area contributed by atoms with Crippen LogP contribution in [0.2, 0.25) is 0 Å². The van der Waals surface area contributed by atoms with Gasteiger partial charge in [0.2, 0.25) is 0 Å². The lowest BCUT2D eigenvalue weighted by Crippen LogP contribution is -2.42. The third-order valence-electron chi connectivity index (χ3n) is 4.27. The van der Waals surface area contributed by atoms with Crippen molar-refractivity contribution < 1.29 is 9.90 Å². The van der Waals surface area contributed by atoms with Gasteiger partial charge >= 0.3 is 5.97 Å². The third kappa shape index (κ3) is 6.42. The van der Waals surface area contributed by atoms with Gasteiger partial charge in [-0.3, -0.25) is 4.79 Å². The van der Waals surface area contributed by atoms with E-state index in [1.807, 2.05) is 0 Å². The van der Waals surface area contributed by atoms with Gasteiger partial charge in [-0.1, -0.05) is 46.5 Å². The van der Waals surface area contributed by atoms with Crippen LogP contribution in [0.25, 0.3) is 0 Å². The van der Waals surface area contributed by atoms with Crippen LogP contribution in [0.4, 0.5) is 0 Å². The largest absolute Gasteiger partial charge is 0.480 e. The molecule has 3 unspecified atom stereocenters. The van der Waals surface area contributed by atoms with Crippen molar-refractivity contribution in [1.29, 1.82) is 0 Å². The Bertz CT molecular complexity index is 265. The molecule has 112 valence electrons. The van der Waals surface area contributed by atoms with E-state index in [0.29, 0.717) is 6.04 Å². The van der Waals surface area contributed by atoms with Gasteiger partial charge in [-0.15, -0.1) is 0 Å². The van der Waals surface area contributed by atoms with Crippen LogP contribution in [-0.4, -0.2) is 23.2 Å². The number of carbonyl (C=O) groups is 1. The molecule has 0 aromatic carbocycles. The molecule has 3 atom stereocenters. The Hall–Kier alpha value is -0.570. The fourth-order valence-electron chi connectivity index (χ4n) is 3.03. The Morgan fingerprint density at radius 1 is 1.32 bits per heavy atom. The van der Waals surface area contributed by atoms with Crippen LogP contribution >= 0.6 is 0 Å². The average molecular weight is 269 g/mol. The third-order valence-corrected chi connectivity index (χ3v) is 4.27. The highest BCUT2D eigenvalue weighted by molar-refractivity contribution is 5.73. The average Bonchev–Trinajstić information content (AvgIpc) is 2.79. The van der Waals surface area contributed by atoms with Crippen LogP contribution in [0.3, 0.4) is 0 Å². The number of aliphatic carboxylic acids is 1. The maximum absolute atomic E-state index is 11.2. The molecule has 1 rings (SSSR count). The summed E-state index contributed by atoms with van der Waals surface area (Å²) in [7, 11) is 0. The molecule has 0 bridgehead atoms. The molecule has 0 heterocycles. The number of nitrogens with one attached hydrogen (secondary N) is 1. The van der Waals surface area contributed by atoms with Gasteiger partial charge in [0.1, 0.15) is 6.04 Å². The first-order valence-corrected chi connectivity index (χ1v) is 8.01. The molecule has 0 aromatic heterocycles. The smallest absolute Gasteiger partial charge is 0.320 e. The second-order valence-corrected chi connectivity index (χ2v) is 6.55. The number of unbranched alkanes of at least 4 members (excludes halogenated alkanes) is 1. The normalized spacial score (nSPS) is 24.8. The van der Waals surface area contributed by atoms with Gasteiger partial charge < -0.3 is 10.4 Å². The summed E-state index contributed by atoms with van der Waals surface area (Å²) in [6, 6.07) is 0.0870. The van der Waals surface area contributed by atoms with Crippen molar-refractivity contribution in [2.45, 2.75) is 84.2 Å². The molecule has 0 spiro atoms. The molecule has 19 heavy (non-hydrogen) atoms. The van der Waals surface area contributed by atoms with Crippen molar-refractivity contribution >= 4 is 5.97 Å². The number of carboxylic acids is 1. The van der Waals surface area contributed by atoms with Crippen LogP contribution in [0.1, 0.15) is 72.1 Å². The molecule has 0 amide bonds. The second kappa shape index (κ2) is 8.57. The standard InChI is InChI=1S/C16H31NO2/c1-4-5-6-15(16(18)19)17-14-10-9-13(11-14)8-7-12(2)3/h12-15,17H,4-11H2,1-3H3,(H,18,19). The Morgan fingerprint density at radius 3 is 2.63 bits per heavy atom. The predicted octanol–water partition coefficient (Wildman–Crippen LogP) is 3.82. The molecule has 1 aliphatic carbocycles. The van der Waals surface area contributed by atoms with Gasteiger partial charge in [0.15, 0.2) is 0 Å². The highest BCUT2D eigenvalue weighted by atomic mass is 16.4. The van der Waals surface area contributed by atoms with Crippen molar-refractivity contribution in [3.8, 4) is 0 Å². The Balaban J connectivity index is 2.30. The first-order valence-electron chi connectivity index (χ1n) is 8.01. The predicted molar refractivity (Wildman–Crippen MR) is 79.3 cm³/mol. The van der Waals surface area contributed by atoms with Gasteiger partial charge in [-0.2, -0.15) is 0 Å². The number of hydrogen-bond donors (Lipinski definition) is 2. The maximum Gasteiger partial charge on any atom is 0.320 e. The molecule has 0 aromatic rings. The van der Waals surface area contributed by atoms with Gasteiger partial charge in [-0.25, -0.2) is 0 Å². The minimum atomic E-state index is -0.681. The Kier molecular flexibility index (Phi) is 7.44. The molecule has 3 nitrogen and oxygen atoms in total. The summed E-state index contributed by atoms with van der Waals surface area (Å²) in [4.78, 5) is 11.2. The Labute approximate surface area is 118 Å². The van der Waals surface area contributed by atoms with Crippen molar-refractivity contribution in [3.05, 3.63) is 0 Å². The monoisotopic (exact) mass is 269 g/mol. The summed E-state index contributed by atoms with van der Waals surface area (Å²) < 4.78 is 0. The van der Waals surface area contributed by atoms with E-state index >= 15 is 0 Å². The van der Waals surface area contributed by atoms with E-state index in [9.17, 15) is 9.90 Å². The zero-order valence-corrected chi connectivity index (χ0v) is 12.8. The lowest BCUT2D eigenvalue weighted by atomic mass is 9.96. The zero-order chi connectivity index (χ0) is 14.3. The molecule has 0 saturated heterocycles. The van der Waals surface area contributed by atoms with Gasteiger partial charge in [0.05, 0.1) is 0 Å². The lowest BCUT2D eigenvalue weighted by Gasteiger charge is -2.20. The highest BCUT2D eigenvalue weighted by Gasteiger charge is 2.28. The first-order chi connectivity index (χ1) is 9.02. The minimum absolute atomic E-state index is 0.339. The molecular weight excluding hydrogens is 238 g/mol. The molecule has 2 N–H and O–H groups in total. The maximum atomic E-state index is 11.2. The Morgan fingerprint density at radius 2 is 2.05 bits per heavy atom. The summed E-state index contributed by atoms with van der Waals surface area (Å²) in [5, 5.41) is 12.6. The van der Waals surface area contributed by atoms with Crippen LogP contribution in [0, 0.1) is 11.8 Å². The summed E-state index contributed by atoms with van der Waals surface area (Å²) in [5.74, 6) is 0.905. The van der Waals surface area contributed by atoms with E-state index in [1.165, 1.54) is 25.7 Å². The van der Waals surface area contributed by atoms with E-state index in [-0.39, 0.29) is 6.04 Å². The molecule has 0 aliphatic heterocycles. The summed E-state index contributed by atoms with van der Waals surface area (Å²) in [6.45, 7) is 6.65. The summed E-state index contributed by atoms with van der Waals surface area (Å²) >= 11 is 0. The zero-order valence-electron chi connectivity index (χ0n) is 12.8. The molecular formula is C16H31NO2. The van der Waals surface area contributed by atoms with E-state index < -0.39 is 5.97 Å². The quantitative estimate of drug-likeness (QED) is 0.669. The minimum Gasteiger partial charge on any atom is -0.480 e. The van der Waals surface area contributed by atoms with Crippen molar-refractivity contribution in [2.75, 3.05) is 0 Å². The molecule has 1 aliphatic rings. The van der Waals surface area contributed by atoms with Crippen LogP contribution < -0.4 is 5.32 Å². The fourth-order valence-corrected chi connectivity index (χ4v) is 3.03. The van der Waals surface area contributed by atoms with Crippen molar-refractivity contribution in [2.24, 2.45) is 11.8 Å². The van der Waals surface area contributed by atoms with Gasteiger partial charge in [0, 0.05) is 6.04 Å². The number of rotatable bonds is 9. The molecule has 3 heteroatoms. The first kappa shape index (κ1) is 16.5. The number of carboxylic acid groups (broad SMARTS) is 1. The number of hydrogen-bond acceptors (Lipinski definition) is 2. The summed E-state index contributed by atoms with van der Waals surface area (Å²) in [5.41, 5.74) is 0. The van der Waals surface area contributed by atoms with Crippen molar-refractivity contribution in [3.63, 3.8) is 0 Å². The van der Waals surface area contributed by atoms with Crippen LogP contribution in [0.15, 0.2) is 0 Å². The van der Waals surface area contributed by atoms with Crippen LogP contribution in [0.5, 0.6) is 0 Å². The second-order valence-electron chi connectivity index (χ2n) is 6.55. The molecule has 0 radical (unpaired) electrons. The lowest BCUT2D eigenvalue weighted by molar-refractivity contribution is -0.139. The van der Waals surface area contributed by atoms with Gasteiger partial charge in [-0.05, 0) is 37.5 Å². The molecule has 1 fully saturated rings. The SMILES string of the molecule is CCCCC(NC1CCC(CCC(C)C)C1)C(=O)O. The van der Waals surface area contributed by atoms with Crippen LogP contribution in [-0.2, 0) is 4.79 Å². The molecule has 1 saturated carbocycles. The van der Waals surface area contributed by atoms with E-state index in [2.05, 4.69) is 26.1 Å². The van der Waals surface area contributed by atoms with E-state index in [1.54, 1.807) is 0 Å². The fraction of sp³-hybridized carbons (Fsp3) is 0.938. The van der Waals surface area contributed by atoms with Crippen molar-refractivity contribution in [1.82, 2.24) is 5.32 Å². The van der Waals surface area contributed by atoms with Gasteiger partial charge in [0.25, 0.3) is 0 Å². The van der Waals surface area contributed by atoms with E-state index in [4.69, 9.17) is 0 Å². The topological polar surface area (TPSA) is 49.3 Å². The van der Waals surface area contributed by atoms with E-state index in [0.717, 1.165) is 37.5 Å². The summed E-state index contributed by atoms with van der Waals surface area (Å²) in [6.07, 6.45) is 9.02. The highest BCUT2D eigenvalue weighted by Crippen LogP contribution is 2.30.